The van der Waals surface area contributed by atoms with Crippen molar-refractivity contribution in [3.8, 4) is 44.5 Å². The van der Waals surface area contributed by atoms with E-state index in [9.17, 15) is 0 Å². The van der Waals surface area contributed by atoms with Crippen molar-refractivity contribution in [2.24, 2.45) is 0 Å². The van der Waals surface area contributed by atoms with E-state index >= 15 is 0 Å². The Balaban J connectivity index is 1.35. The first-order valence-electron chi connectivity index (χ1n) is 15.9. The summed E-state index contributed by atoms with van der Waals surface area (Å²) in [6, 6.07) is 58.3. The van der Waals surface area contributed by atoms with Crippen LogP contribution in [0, 0.1) is 0 Å². The van der Waals surface area contributed by atoms with Crippen LogP contribution in [0.15, 0.2) is 158 Å². The molecular formula is C45H32. The minimum Gasteiger partial charge on any atom is -0.0619 e. The van der Waals surface area contributed by atoms with Gasteiger partial charge in [0.2, 0.25) is 0 Å². The Hall–Kier alpha value is -5.46. The third-order valence-electron chi connectivity index (χ3n) is 10.1. The predicted molar refractivity (Wildman–Crippen MR) is 193 cm³/mol. The molecule has 0 heteroatoms. The number of hydrogen-bond acceptors (Lipinski definition) is 0. The van der Waals surface area contributed by atoms with Crippen molar-refractivity contribution in [2.75, 3.05) is 0 Å². The summed E-state index contributed by atoms with van der Waals surface area (Å²) in [6.07, 6.45) is 0. The molecule has 0 aliphatic heterocycles. The van der Waals surface area contributed by atoms with E-state index in [0.29, 0.717) is 0 Å². The molecule has 0 radical (unpaired) electrons. The van der Waals surface area contributed by atoms with Gasteiger partial charge in [0.15, 0.2) is 0 Å². The van der Waals surface area contributed by atoms with Crippen LogP contribution >= 0.6 is 0 Å². The van der Waals surface area contributed by atoms with Crippen molar-refractivity contribution in [3.63, 3.8) is 0 Å². The normalized spacial score (nSPS) is 13.3. The molecule has 0 saturated carbocycles. The van der Waals surface area contributed by atoms with Gasteiger partial charge in [-0.25, -0.2) is 0 Å². The highest BCUT2D eigenvalue weighted by molar-refractivity contribution is 6.23. The van der Waals surface area contributed by atoms with E-state index in [-0.39, 0.29) is 5.41 Å². The maximum atomic E-state index is 2.38. The van der Waals surface area contributed by atoms with E-state index in [0.717, 1.165) is 0 Å². The lowest BCUT2D eigenvalue weighted by Crippen LogP contribution is -2.14. The lowest BCUT2D eigenvalue weighted by molar-refractivity contribution is 0.660. The highest BCUT2D eigenvalue weighted by Gasteiger charge is 2.37. The molecule has 0 atom stereocenters. The molecule has 1 aliphatic carbocycles. The number of benzene rings is 8. The lowest BCUT2D eigenvalue weighted by Gasteiger charge is -2.22. The Morgan fingerprint density at radius 3 is 1.58 bits per heavy atom. The average Bonchev–Trinajstić information content (AvgIpc) is 3.33. The number of fused-ring (bicyclic) bond motifs is 6. The summed E-state index contributed by atoms with van der Waals surface area (Å²) in [7, 11) is 0. The van der Waals surface area contributed by atoms with Gasteiger partial charge in [-0.1, -0.05) is 166 Å². The first-order valence-corrected chi connectivity index (χ1v) is 15.9. The molecule has 0 unspecified atom stereocenters. The summed E-state index contributed by atoms with van der Waals surface area (Å²) >= 11 is 0. The number of hydrogen-bond donors (Lipinski definition) is 0. The zero-order chi connectivity index (χ0) is 30.1. The molecule has 0 aromatic heterocycles. The predicted octanol–water partition coefficient (Wildman–Crippen LogP) is 12.5. The van der Waals surface area contributed by atoms with Crippen LogP contribution < -0.4 is 0 Å². The standard InChI is InChI=1S/C45H32/c1-45(2)40-26-10-9-23-38(40)44-39(25-13-27-41(44)45)43-36-21-7-5-19-34(36)42(35-20-6-8-22-37(35)43)31-17-11-16-30(28-31)33-24-12-15-29-14-3-4-18-32(29)33/h3-28H,1-2H3. The highest BCUT2D eigenvalue weighted by Crippen LogP contribution is 2.54. The van der Waals surface area contributed by atoms with Gasteiger partial charge < -0.3 is 0 Å². The van der Waals surface area contributed by atoms with Crippen molar-refractivity contribution in [1.29, 1.82) is 0 Å². The van der Waals surface area contributed by atoms with Crippen LogP contribution in [0.4, 0.5) is 0 Å². The largest absolute Gasteiger partial charge is 0.0619 e. The molecule has 9 rings (SSSR count). The van der Waals surface area contributed by atoms with Crippen molar-refractivity contribution in [1.82, 2.24) is 0 Å². The second kappa shape index (κ2) is 9.78. The summed E-state index contributed by atoms with van der Waals surface area (Å²) in [5, 5.41) is 7.69. The molecule has 8 aromatic rings. The molecule has 0 heterocycles. The molecule has 0 fully saturated rings. The number of rotatable bonds is 3. The molecule has 1 aliphatic rings. The van der Waals surface area contributed by atoms with E-state index in [1.165, 1.54) is 88.0 Å². The van der Waals surface area contributed by atoms with Crippen LogP contribution in [-0.2, 0) is 5.41 Å². The monoisotopic (exact) mass is 572 g/mol. The van der Waals surface area contributed by atoms with Gasteiger partial charge in [0, 0.05) is 5.41 Å². The third-order valence-corrected chi connectivity index (χ3v) is 10.1. The Morgan fingerprint density at radius 2 is 0.822 bits per heavy atom. The molecule has 0 amide bonds. The van der Waals surface area contributed by atoms with Gasteiger partial charge in [0.1, 0.15) is 0 Å². The van der Waals surface area contributed by atoms with Crippen LogP contribution in [0.1, 0.15) is 25.0 Å². The first-order chi connectivity index (χ1) is 22.1. The van der Waals surface area contributed by atoms with Crippen LogP contribution in [0.25, 0.3) is 76.8 Å². The molecule has 8 aromatic carbocycles. The third kappa shape index (κ3) is 3.79. The Morgan fingerprint density at radius 1 is 0.333 bits per heavy atom. The summed E-state index contributed by atoms with van der Waals surface area (Å²) in [4.78, 5) is 0. The Labute approximate surface area is 264 Å². The smallest absolute Gasteiger partial charge is 0.0159 e. The second-order valence-electron chi connectivity index (χ2n) is 12.8. The van der Waals surface area contributed by atoms with Gasteiger partial charge in [-0.15, -0.1) is 0 Å². The minimum atomic E-state index is -0.0461. The van der Waals surface area contributed by atoms with E-state index < -0.39 is 0 Å². The molecule has 0 spiro atoms. The quantitative estimate of drug-likeness (QED) is 0.185. The van der Waals surface area contributed by atoms with E-state index in [1.807, 2.05) is 0 Å². The van der Waals surface area contributed by atoms with Gasteiger partial charge in [0.05, 0.1) is 0 Å². The fraction of sp³-hybridized carbons (Fsp3) is 0.0667. The van der Waals surface area contributed by atoms with E-state index in [2.05, 4.69) is 172 Å². The molecular weight excluding hydrogens is 540 g/mol. The van der Waals surface area contributed by atoms with Gasteiger partial charge in [0.25, 0.3) is 0 Å². The summed E-state index contributed by atoms with van der Waals surface area (Å²) in [5.41, 5.74) is 13.2. The summed E-state index contributed by atoms with van der Waals surface area (Å²) in [6.45, 7) is 4.73. The van der Waals surface area contributed by atoms with Gasteiger partial charge >= 0.3 is 0 Å². The van der Waals surface area contributed by atoms with Crippen molar-refractivity contribution < 1.29 is 0 Å². The summed E-state index contributed by atoms with van der Waals surface area (Å²) in [5.74, 6) is 0. The van der Waals surface area contributed by atoms with Crippen molar-refractivity contribution in [3.05, 3.63) is 169 Å². The van der Waals surface area contributed by atoms with Crippen molar-refractivity contribution in [2.45, 2.75) is 19.3 Å². The van der Waals surface area contributed by atoms with Gasteiger partial charge in [-0.3, -0.25) is 0 Å². The SMILES string of the molecule is CC1(C)c2ccccc2-c2c(-c3c4ccccc4c(-c4cccc(-c5cccc6ccccc56)c4)c4ccccc34)cccc21. The molecule has 212 valence electrons. The first kappa shape index (κ1) is 26.0. The second-order valence-corrected chi connectivity index (χ2v) is 12.8. The minimum absolute atomic E-state index is 0.0461. The molecule has 0 saturated heterocycles. The van der Waals surface area contributed by atoms with Crippen LogP contribution in [-0.4, -0.2) is 0 Å². The van der Waals surface area contributed by atoms with Crippen LogP contribution in [0.5, 0.6) is 0 Å². The molecule has 0 bridgehead atoms. The van der Waals surface area contributed by atoms with E-state index in [4.69, 9.17) is 0 Å². The average molecular weight is 573 g/mol. The zero-order valence-corrected chi connectivity index (χ0v) is 25.5. The lowest BCUT2D eigenvalue weighted by atomic mass is 9.80. The van der Waals surface area contributed by atoms with Crippen LogP contribution in [0.2, 0.25) is 0 Å². The Kier molecular flexibility index (Phi) is 5.64. The van der Waals surface area contributed by atoms with Crippen LogP contribution in [0.3, 0.4) is 0 Å². The van der Waals surface area contributed by atoms with Gasteiger partial charge in [-0.05, 0) is 94.0 Å². The fourth-order valence-electron chi connectivity index (χ4n) is 8.01. The highest BCUT2D eigenvalue weighted by atomic mass is 14.4. The molecule has 0 nitrogen and oxygen atoms in total. The maximum Gasteiger partial charge on any atom is 0.0159 e. The Bertz CT molecular complexity index is 2390. The topological polar surface area (TPSA) is 0 Å². The zero-order valence-electron chi connectivity index (χ0n) is 25.5. The van der Waals surface area contributed by atoms with E-state index in [1.54, 1.807) is 0 Å². The van der Waals surface area contributed by atoms with Crippen molar-refractivity contribution >= 4 is 32.3 Å². The fourth-order valence-corrected chi connectivity index (χ4v) is 8.01. The summed E-state index contributed by atoms with van der Waals surface area (Å²) < 4.78 is 0. The van der Waals surface area contributed by atoms with Gasteiger partial charge in [-0.2, -0.15) is 0 Å². The molecule has 45 heavy (non-hydrogen) atoms. The molecule has 0 N–H and O–H groups in total. The maximum absolute atomic E-state index is 2.38.